The number of carbonyl (C=O) groups is 2. The topological polar surface area (TPSA) is 75.2 Å². The number of aromatic nitrogens is 2. The van der Waals surface area contributed by atoms with Crippen molar-refractivity contribution < 1.29 is 9.59 Å². The summed E-state index contributed by atoms with van der Waals surface area (Å²) in [6.45, 7) is 1.30. The fourth-order valence-electron chi connectivity index (χ4n) is 3.68. The van der Waals surface area contributed by atoms with Crippen molar-refractivity contribution in [2.75, 3.05) is 13.1 Å². The summed E-state index contributed by atoms with van der Waals surface area (Å²) in [5.74, 6) is -0.0824. The van der Waals surface area contributed by atoms with Crippen molar-refractivity contribution in [3.05, 3.63) is 46.7 Å². The molecule has 2 amide bonds. The number of pyridine rings is 1. The molecule has 1 spiro atoms. The van der Waals surface area contributed by atoms with E-state index in [0.29, 0.717) is 18.8 Å². The molecule has 0 bridgehead atoms. The summed E-state index contributed by atoms with van der Waals surface area (Å²) < 4.78 is 0. The Morgan fingerprint density at radius 3 is 2.88 bits per heavy atom. The van der Waals surface area contributed by atoms with Crippen molar-refractivity contribution in [2.45, 2.75) is 30.7 Å². The van der Waals surface area contributed by atoms with Crippen LogP contribution in [0.4, 0.5) is 0 Å². The number of hydrogen-bond acceptors (Lipinski definition) is 5. The standard InChI is InChI=1S/C17H18N4O2S/c22-15-13(12-2-1-5-18-9-12)8-17(20-15)3-6-21(7-4-17)16(23)14-10-24-11-19-14/h1-2,5,9-11,13H,3-4,6-8H2,(H,20,22)/t13-/m1/s1. The SMILES string of the molecule is O=C1NC2(CCN(C(=O)c3cscn3)CC2)C[C@@H]1c1cccnc1. The number of piperidine rings is 1. The van der Waals surface area contributed by atoms with Gasteiger partial charge < -0.3 is 10.2 Å². The number of nitrogens with one attached hydrogen (secondary N) is 1. The molecule has 2 aliphatic rings. The van der Waals surface area contributed by atoms with E-state index in [0.717, 1.165) is 24.8 Å². The Bertz CT molecular complexity index is 739. The van der Waals surface area contributed by atoms with Crippen LogP contribution < -0.4 is 5.32 Å². The average Bonchev–Trinajstić information content (AvgIpc) is 3.25. The summed E-state index contributed by atoms with van der Waals surface area (Å²) in [6.07, 6.45) is 5.83. The van der Waals surface area contributed by atoms with Crippen molar-refractivity contribution in [2.24, 2.45) is 0 Å². The normalized spacial score (nSPS) is 22.6. The van der Waals surface area contributed by atoms with Crippen molar-refractivity contribution in [3.8, 4) is 0 Å². The molecular formula is C17H18N4O2S. The van der Waals surface area contributed by atoms with Crippen LogP contribution in [0.1, 0.15) is 41.2 Å². The molecule has 4 heterocycles. The van der Waals surface area contributed by atoms with Gasteiger partial charge in [0.2, 0.25) is 5.91 Å². The monoisotopic (exact) mass is 342 g/mol. The third kappa shape index (κ3) is 2.69. The van der Waals surface area contributed by atoms with E-state index in [9.17, 15) is 9.59 Å². The highest BCUT2D eigenvalue weighted by atomic mass is 32.1. The molecule has 0 aliphatic carbocycles. The van der Waals surface area contributed by atoms with Crippen LogP contribution >= 0.6 is 11.3 Å². The second-order valence-electron chi connectivity index (χ2n) is 6.48. The highest BCUT2D eigenvalue weighted by Gasteiger charge is 2.46. The number of amides is 2. The summed E-state index contributed by atoms with van der Waals surface area (Å²) in [5.41, 5.74) is 2.96. The van der Waals surface area contributed by atoms with E-state index < -0.39 is 0 Å². The minimum Gasteiger partial charge on any atom is -0.350 e. The molecule has 24 heavy (non-hydrogen) atoms. The Balaban J connectivity index is 1.44. The van der Waals surface area contributed by atoms with Gasteiger partial charge in [-0.15, -0.1) is 11.3 Å². The maximum atomic E-state index is 12.4. The molecule has 1 N–H and O–H groups in total. The molecule has 2 aromatic rings. The smallest absolute Gasteiger partial charge is 0.273 e. The van der Waals surface area contributed by atoms with Crippen LogP contribution in [-0.4, -0.2) is 45.3 Å². The summed E-state index contributed by atoms with van der Waals surface area (Å²) in [5, 5.41) is 4.97. The van der Waals surface area contributed by atoms with Crippen molar-refractivity contribution in [3.63, 3.8) is 0 Å². The molecule has 2 fully saturated rings. The van der Waals surface area contributed by atoms with E-state index in [4.69, 9.17) is 0 Å². The van der Waals surface area contributed by atoms with Crippen LogP contribution in [-0.2, 0) is 4.79 Å². The second kappa shape index (κ2) is 5.98. The first-order valence-electron chi connectivity index (χ1n) is 8.06. The molecule has 0 unspecified atom stereocenters. The zero-order valence-electron chi connectivity index (χ0n) is 13.1. The van der Waals surface area contributed by atoms with Gasteiger partial charge in [0.1, 0.15) is 5.69 Å². The van der Waals surface area contributed by atoms with Crippen LogP contribution in [0.25, 0.3) is 0 Å². The Hall–Kier alpha value is -2.28. The van der Waals surface area contributed by atoms with Gasteiger partial charge in [0.05, 0.1) is 11.4 Å². The Kier molecular flexibility index (Phi) is 3.80. The molecule has 124 valence electrons. The number of nitrogens with zero attached hydrogens (tertiary/aromatic N) is 3. The summed E-state index contributed by atoms with van der Waals surface area (Å²) in [4.78, 5) is 34.9. The van der Waals surface area contributed by atoms with E-state index in [2.05, 4.69) is 15.3 Å². The average molecular weight is 342 g/mol. The van der Waals surface area contributed by atoms with Gasteiger partial charge in [-0.2, -0.15) is 0 Å². The summed E-state index contributed by atoms with van der Waals surface area (Å²) in [7, 11) is 0. The van der Waals surface area contributed by atoms with E-state index in [1.165, 1.54) is 11.3 Å². The lowest BCUT2D eigenvalue weighted by molar-refractivity contribution is -0.121. The predicted octanol–water partition coefficient (Wildman–Crippen LogP) is 1.82. The lowest BCUT2D eigenvalue weighted by atomic mass is 9.82. The van der Waals surface area contributed by atoms with Crippen molar-refractivity contribution in [1.82, 2.24) is 20.2 Å². The minimum absolute atomic E-state index is 0.0146. The van der Waals surface area contributed by atoms with Gasteiger partial charge in [0, 0.05) is 36.4 Å². The zero-order chi connectivity index (χ0) is 16.6. The molecule has 2 aliphatic heterocycles. The molecule has 7 heteroatoms. The third-order valence-electron chi connectivity index (χ3n) is 5.05. The largest absolute Gasteiger partial charge is 0.350 e. The number of hydrogen-bond donors (Lipinski definition) is 1. The van der Waals surface area contributed by atoms with Crippen molar-refractivity contribution in [1.29, 1.82) is 0 Å². The van der Waals surface area contributed by atoms with Crippen LogP contribution in [0.2, 0.25) is 0 Å². The van der Waals surface area contributed by atoms with Crippen LogP contribution in [0.3, 0.4) is 0 Å². The van der Waals surface area contributed by atoms with Crippen LogP contribution in [0, 0.1) is 0 Å². The quantitative estimate of drug-likeness (QED) is 0.903. The third-order valence-corrected chi connectivity index (χ3v) is 5.63. The van der Waals surface area contributed by atoms with Crippen LogP contribution in [0.5, 0.6) is 0 Å². The molecule has 6 nitrogen and oxygen atoms in total. The highest BCUT2D eigenvalue weighted by molar-refractivity contribution is 7.07. The first-order chi connectivity index (χ1) is 11.7. The van der Waals surface area contributed by atoms with Gasteiger partial charge in [-0.05, 0) is 30.9 Å². The Morgan fingerprint density at radius 2 is 2.21 bits per heavy atom. The van der Waals surface area contributed by atoms with E-state index in [1.807, 2.05) is 17.0 Å². The molecule has 0 aromatic carbocycles. The molecular weight excluding hydrogens is 324 g/mol. The minimum atomic E-state index is -0.198. The summed E-state index contributed by atoms with van der Waals surface area (Å²) >= 11 is 1.43. The first-order valence-corrected chi connectivity index (χ1v) is 9.01. The molecule has 4 rings (SSSR count). The molecule has 2 saturated heterocycles. The lowest BCUT2D eigenvalue weighted by Gasteiger charge is -2.39. The lowest BCUT2D eigenvalue weighted by Crippen LogP contribution is -2.52. The highest BCUT2D eigenvalue weighted by Crippen LogP contribution is 2.39. The Morgan fingerprint density at radius 1 is 1.38 bits per heavy atom. The van der Waals surface area contributed by atoms with E-state index >= 15 is 0 Å². The number of rotatable bonds is 2. The molecule has 0 saturated carbocycles. The summed E-state index contributed by atoms with van der Waals surface area (Å²) in [6, 6.07) is 3.82. The van der Waals surface area contributed by atoms with Gasteiger partial charge in [-0.1, -0.05) is 6.07 Å². The fraction of sp³-hybridized carbons (Fsp3) is 0.412. The predicted molar refractivity (Wildman–Crippen MR) is 89.7 cm³/mol. The first kappa shape index (κ1) is 15.3. The number of thiazole rings is 1. The molecule has 2 aromatic heterocycles. The van der Waals surface area contributed by atoms with Gasteiger partial charge in [-0.3, -0.25) is 14.6 Å². The van der Waals surface area contributed by atoms with Crippen LogP contribution in [0.15, 0.2) is 35.4 Å². The maximum Gasteiger partial charge on any atom is 0.273 e. The second-order valence-corrected chi connectivity index (χ2v) is 7.20. The zero-order valence-corrected chi connectivity index (χ0v) is 14.0. The van der Waals surface area contributed by atoms with Gasteiger partial charge in [0.15, 0.2) is 0 Å². The molecule has 1 atom stereocenters. The number of carbonyl (C=O) groups excluding carboxylic acids is 2. The van der Waals surface area contributed by atoms with Gasteiger partial charge >= 0.3 is 0 Å². The number of likely N-dealkylation sites (tertiary alicyclic amines) is 1. The van der Waals surface area contributed by atoms with Gasteiger partial charge in [-0.25, -0.2) is 4.98 Å². The van der Waals surface area contributed by atoms with E-state index in [1.54, 1.807) is 23.3 Å². The van der Waals surface area contributed by atoms with E-state index in [-0.39, 0.29) is 23.3 Å². The molecule has 0 radical (unpaired) electrons. The maximum absolute atomic E-state index is 12.4. The van der Waals surface area contributed by atoms with Crippen molar-refractivity contribution >= 4 is 23.2 Å². The fourth-order valence-corrected chi connectivity index (χ4v) is 4.21. The van der Waals surface area contributed by atoms with Gasteiger partial charge in [0.25, 0.3) is 5.91 Å². The Labute approximate surface area is 143 Å².